The van der Waals surface area contributed by atoms with Gasteiger partial charge < -0.3 is 0 Å². The number of rotatable bonds is 2. The van der Waals surface area contributed by atoms with Gasteiger partial charge in [0.25, 0.3) is 9.05 Å². The van der Waals surface area contributed by atoms with E-state index in [9.17, 15) is 12.8 Å². The van der Waals surface area contributed by atoms with E-state index in [0.29, 0.717) is 11.4 Å². The summed E-state index contributed by atoms with van der Waals surface area (Å²) < 4.78 is 37.1. The maximum atomic E-state index is 13.3. The molecule has 0 fully saturated rings. The van der Waals surface area contributed by atoms with E-state index in [1.165, 1.54) is 23.7 Å². The van der Waals surface area contributed by atoms with Gasteiger partial charge in [0.05, 0.1) is 22.6 Å². The van der Waals surface area contributed by atoms with Gasteiger partial charge in [-0.15, -0.1) is 0 Å². The molecule has 0 amide bonds. The Morgan fingerprint density at radius 3 is 2.56 bits per heavy atom. The monoisotopic (exact) mass is 308 g/mol. The molecule has 0 aliphatic carbocycles. The van der Waals surface area contributed by atoms with Crippen LogP contribution in [0.15, 0.2) is 29.3 Å². The molecule has 4 nitrogen and oxygen atoms in total. The van der Waals surface area contributed by atoms with E-state index in [-0.39, 0.29) is 9.92 Å². The summed E-state index contributed by atoms with van der Waals surface area (Å²) in [7, 11) is 1.37. The molecule has 18 heavy (non-hydrogen) atoms. The molecule has 0 aliphatic heterocycles. The van der Waals surface area contributed by atoms with Crippen molar-refractivity contribution >= 4 is 31.3 Å². The molecule has 0 aliphatic rings. The van der Waals surface area contributed by atoms with E-state index in [1.807, 2.05) is 0 Å². The second-order valence-corrected chi connectivity index (χ2v) is 6.48. The normalized spacial score (nSPS) is 11.8. The fourth-order valence-electron chi connectivity index (χ4n) is 1.51. The van der Waals surface area contributed by atoms with Crippen molar-refractivity contribution < 1.29 is 12.8 Å². The van der Waals surface area contributed by atoms with Gasteiger partial charge in [0, 0.05) is 16.7 Å². The molecule has 96 valence electrons. The minimum absolute atomic E-state index is 0.0197. The van der Waals surface area contributed by atoms with Crippen molar-refractivity contribution in [3.63, 3.8) is 0 Å². The highest BCUT2D eigenvalue weighted by Crippen LogP contribution is 2.23. The molecular formula is C10H7Cl2FN2O2S. The lowest BCUT2D eigenvalue weighted by Crippen LogP contribution is -2.01. The van der Waals surface area contributed by atoms with Crippen LogP contribution in [0.3, 0.4) is 0 Å². The number of hydrogen-bond acceptors (Lipinski definition) is 3. The first-order chi connectivity index (χ1) is 8.30. The molecular weight excluding hydrogens is 302 g/mol. The van der Waals surface area contributed by atoms with Crippen molar-refractivity contribution in [2.45, 2.75) is 11.8 Å². The molecule has 1 heterocycles. The standard InChI is InChI=1S/C10H7Cl2FN2O2S/c1-6-10(18(12,16)17)5-14-15(6)7-2-3-8(11)9(13)4-7/h2-5H,1H3. The third-order valence-electron chi connectivity index (χ3n) is 2.38. The van der Waals surface area contributed by atoms with Crippen LogP contribution in [0.4, 0.5) is 4.39 Å². The van der Waals surface area contributed by atoms with E-state index in [2.05, 4.69) is 5.10 Å². The van der Waals surface area contributed by atoms with Crippen molar-refractivity contribution in [1.82, 2.24) is 9.78 Å². The van der Waals surface area contributed by atoms with Crippen molar-refractivity contribution in [1.29, 1.82) is 0 Å². The van der Waals surface area contributed by atoms with E-state index in [0.717, 1.165) is 12.3 Å². The van der Waals surface area contributed by atoms with Crippen LogP contribution in [0.2, 0.25) is 5.02 Å². The van der Waals surface area contributed by atoms with Crippen LogP contribution in [0.1, 0.15) is 5.69 Å². The summed E-state index contributed by atoms with van der Waals surface area (Å²) in [6.45, 7) is 1.52. The van der Waals surface area contributed by atoms with Crippen LogP contribution in [0, 0.1) is 12.7 Å². The molecule has 0 spiro atoms. The molecule has 0 radical (unpaired) electrons. The van der Waals surface area contributed by atoms with Crippen molar-refractivity contribution in [2.24, 2.45) is 0 Å². The van der Waals surface area contributed by atoms with Crippen LogP contribution >= 0.6 is 22.3 Å². The van der Waals surface area contributed by atoms with Gasteiger partial charge in [-0.2, -0.15) is 5.10 Å². The van der Waals surface area contributed by atoms with Gasteiger partial charge in [0.15, 0.2) is 0 Å². The highest BCUT2D eigenvalue weighted by atomic mass is 35.7. The lowest BCUT2D eigenvalue weighted by molar-refractivity contribution is 0.609. The molecule has 0 N–H and O–H groups in total. The zero-order valence-corrected chi connectivity index (χ0v) is 11.4. The Morgan fingerprint density at radius 1 is 1.39 bits per heavy atom. The second-order valence-electron chi connectivity index (χ2n) is 3.54. The fourth-order valence-corrected chi connectivity index (χ4v) is 2.70. The molecule has 8 heteroatoms. The lowest BCUT2D eigenvalue weighted by atomic mass is 10.3. The maximum absolute atomic E-state index is 13.3. The quantitative estimate of drug-likeness (QED) is 0.802. The summed E-state index contributed by atoms with van der Waals surface area (Å²) in [5, 5.41) is 3.85. The Morgan fingerprint density at radius 2 is 2.06 bits per heavy atom. The van der Waals surface area contributed by atoms with Gasteiger partial charge in [0.1, 0.15) is 10.7 Å². The average molecular weight is 309 g/mol. The van der Waals surface area contributed by atoms with Crippen LogP contribution in [0.5, 0.6) is 0 Å². The Bertz CT molecular complexity index is 713. The van der Waals surface area contributed by atoms with E-state index in [4.69, 9.17) is 22.3 Å². The molecule has 0 atom stereocenters. The Labute approximate surface area is 112 Å². The summed E-state index contributed by atoms with van der Waals surface area (Å²) in [5.41, 5.74) is 0.660. The van der Waals surface area contributed by atoms with Gasteiger partial charge in [0.2, 0.25) is 0 Å². The lowest BCUT2D eigenvalue weighted by Gasteiger charge is -2.05. The van der Waals surface area contributed by atoms with Crippen LogP contribution in [0.25, 0.3) is 5.69 Å². The van der Waals surface area contributed by atoms with Crippen LogP contribution in [-0.4, -0.2) is 18.2 Å². The predicted octanol–water partition coefficient (Wildman–Crippen LogP) is 2.90. The van der Waals surface area contributed by atoms with Crippen LogP contribution in [-0.2, 0) is 9.05 Å². The van der Waals surface area contributed by atoms with Crippen LogP contribution < -0.4 is 0 Å². The van der Waals surface area contributed by atoms with E-state index in [1.54, 1.807) is 0 Å². The van der Waals surface area contributed by atoms with Gasteiger partial charge in [-0.1, -0.05) is 11.6 Å². The van der Waals surface area contributed by atoms with E-state index < -0.39 is 14.9 Å². The van der Waals surface area contributed by atoms with Gasteiger partial charge in [-0.05, 0) is 19.1 Å². The second kappa shape index (κ2) is 4.53. The van der Waals surface area contributed by atoms with Gasteiger partial charge in [-0.25, -0.2) is 17.5 Å². The first-order valence-electron chi connectivity index (χ1n) is 4.75. The zero-order valence-electron chi connectivity index (χ0n) is 9.06. The third-order valence-corrected chi connectivity index (χ3v) is 4.11. The molecule has 0 saturated heterocycles. The summed E-state index contributed by atoms with van der Waals surface area (Å²) >= 11 is 5.56. The molecule has 1 aromatic heterocycles. The van der Waals surface area contributed by atoms with Gasteiger partial charge in [-0.3, -0.25) is 0 Å². The molecule has 2 rings (SSSR count). The molecule has 0 bridgehead atoms. The SMILES string of the molecule is Cc1c(S(=O)(=O)Cl)cnn1-c1ccc(Cl)c(F)c1. The highest BCUT2D eigenvalue weighted by molar-refractivity contribution is 8.13. The largest absolute Gasteiger partial charge is 0.264 e. The number of benzene rings is 1. The zero-order chi connectivity index (χ0) is 13.5. The number of nitrogens with zero attached hydrogens (tertiary/aromatic N) is 2. The summed E-state index contributed by atoms with van der Waals surface area (Å²) in [6, 6.07) is 4.05. The summed E-state index contributed by atoms with van der Waals surface area (Å²) in [6.07, 6.45) is 1.12. The first-order valence-corrected chi connectivity index (χ1v) is 7.44. The third kappa shape index (κ3) is 2.36. The smallest absolute Gasteiger partial charge is 0.237 e. The Hall–Kier alpha value is -1.11. The topological polar surface area (TPSA) is 52.0 Å². The highest BCUT2D eigenvalue weighted by Gasteiger charge is 2.19. The maximum Gasteiger partial charge on any atom is 0.264 e. The minimum atomic E-state index is -3.87. The van der Waals surface area contributed by atoms with Crippen molar-refractivity contribution in [3.8, 4) is 5.69 Å². The molecule has 0 saturated carbocycles. The number of halogens is 3. The van der Waals surface area contributed by atoms with Crippen molar-refractivity contribution in [2.75, 3.05) is 0 Å². The number of hydrogen-bond donors (Lipinski definition) is 0. The average Bonchev–Trinajstić information content (AvgIpc) is 2.64. The fraction of sp³-hybridized carbons (Fsp3) is 0.100. The summed E-state index contributed by atoms with van der Waals surface area (Å²) in [5.74, 6) is -0.612. The Kier molecular flexibility index (Phi) is 3.35. The number of aromatic nitrogens is 2. The predicted molar refractivity (Wildman–Crippen MR) is 66.3 cm³/mol. The first kappa shape index (κ1) is 13.3. The van der Waals surface area contributed by atoms with Crippen molar-refractivity contribution in [3.05, 3.63) is 40.9 Å². The minimum Gasteiger partial charge on any atom is -0.237 e. The molecule has 2 aromatic rings. The molecule has 1 aromatic carbocycles. The molecule has 0 unspecified atom stereocenters. The van der Waals surface area contributed by atoms with E-state index >= 15 is 0 Å². The van der Waals surface area contributed by atoms with Gasteiger partial charge >= 0.3 is 0 Å². The summed E-state index contributed by atoms with van der Waals surface area (Å²) in [4.78, 5) is -0.112. The Balaban J connectivity index is 2.59.